The van der Waals surface area contributed by atoms with Gasteiger partial charge in [0.2, 0.25) is 0 Å². The van der Waals surface area contributed by atoms with Crippen molar-refractivity contribution in [3.8, 4) is 11.5 Å². The van der Waals surface area contributed by atoms with E-state index < -0.39 is 0 Å². The van der Waals surface area contributed by atoms with Crippen LogP contribution >= 0.6 is 0 Å². The lowest BCUT2D eigenvalue weighted by Gasteiger charge is -2.21. The second kappa shape index (κ2) is 6.52. The standard InChI is InChI=1S/C18H18N2O3/c1-12(15-7-3-4-9-19-15)20-18(21)14-10-13-6-5-8-16(22-2)17(13)23-11-14/h3-10,12H,11H2,1-2H3,(H,20,21). The summed E-state index contributed by atoms with van der Waals surface area (Å²) in [5.41, 5.74) is 2.24. The third-order valence-electron chi connectivity index (χ3n) is 3.70. The summed E-state index contributed by atoms with van der Waals surface area (Å²) in [4.78, 5) is 16.7. The van der Waals surface area contributed by atoms with Crippen LogP contribution in [-0.4, -0.2) is 24.6 Å². The number of methoxy groups -OCH3 is 1. The van der Waals surface area contributed by atoms with Gasteiger partial charge in [0.1, 0.15) is 6.61 Å². The Morgan fingerprint density at radius 3 is 2.91 bits per heavy atom. The normalized spacial score (nSPS) is 14.1. The van der Waals surface area contributed by atoms with Gasteiger partial charge in [-0.2, -0.15) is 0 Å². The summed E-state index contributed by atoms with van der Waals surface area (Å²) < 4.78 is 11.0. The van der Waals surface area contributed by atoms with Crippen LogP contribution in [0.1, 0.15) is 24.2 Å². The molecule has 23 heavy (non-hydrogen) atoms. The molecule has 5 heteroatoms. The Morgan fingerprint density at radius 2 is 2.17 bits per heavy atom. The van der Waals surface area contributed by atoms with Crippen LogP contribution in [0.4, 0.5) is 0 Å². The summed E-state index contributed by atoms with van der Waals surface area (Å²) in [5.74, 6) is 1.18. The summed E-state index contributed by atoms with van der Waals surface area (Å²) in [6.45, 7) is 2.12. The molecule has 5 nitrogen and oxygen atoms in total. The number of nitrogens with one attached hydrogen (secondary N) is 1. The number of hydrogen-bond donors (Lipinski definition) is 1. The maximum absolute atomic E-state index is 12.4. The zero-order chi connectivity index (χ0) is 16.2. The van der Waals surface area contributed by atoms with E-state index >= 15 is 0 Å². The number of para-hydroxylation sites is 1. The van der Waals surface area contributed by atoms with Crippen molar-refractivity contribution in [3.05, 3.63) is 59.4 Å². The second-order valence-electron chi connectivity index (χ2n) is 5.29. The Hall–Kier alpha value is -2.82. The summed E-state index contributed by atoms with van der Waals surface area (Å²) >= 11 is 0. The largest absolute Gasteiger partial charge is 0.493 e. The Balaban J connectivity index is 1.77. The molecule has 1 atom stereocenters. The highest BCUT2D eigenvalue weighted by Crippen LogP contribution is 2.35. The third-order valence-corrected chi connectivity index (χ3v) is 3.70. The fourth-order valence-electron chi connectivity index (χ4n) is 2.47. The van der Waals surface area contributed by atoms with Crippen molar-refractivity contribution in [2.75, 3.05) is 13.7 Å². The first-order chi connectivity index (χ1) is 11.2. The van der Waals surface area contributed by atoms with Crippen LogP contribution in [-0.2, 0) is 4.79 Å². The molecule has 2 aromatic rings. The number of benzene rings is 1. The van der Waals surface area contributed by atoms with Crippen LogP contribution in [0.2, 0.25) is 0 Å². The highest BCUT2D eigenvalue weighted by atomic mass is 16.5. The molecule has 1 aliphatic rings. The molecule has 1 amide bonds. The smallest absolute Gasteiger partial charge is 0.251 e. The zero-order valence-corrected chi connectivity index (χ0v) is 13.1. The molecule has 3 rings (SSSR count). The number of amides is 1. The Morgan fingerprint density at radius 1 is 1.30 bits per heavy atom. The molecule has 0 radical (unpaired) electrons. The van der Waals surface area contributed by atoms with Crippen molar-refractivity contribution < 1.29 is 14.3 Å². The molecule has 0 saturated heterocycles. The molecule has 118 valence electrons. The van der Waals surface area contributed by atoms with Crippen molar-refractivity contribution >= 4 is 12.0 Å². The summed E-state index contributed by atoms with van der Waals surface area (Å²) in [6, 6.07) is 11.1. The summed E-state index contributed by atoms with van der Waals surface area (Å²) in [5, 5.41) is 2.94. The molecule has 1 N–H and O–H groups in total. The van der Waals surface area contributed by atoms with Gasteiger partial charge < -0.3 is 14.8 Å². The van der Waals surface area contributed by atoms with Crippen LogP contribution in [0, 0.1) is 0 Å². The van der Waals surface area contributed by atoms with E-state index in [2.05, 4.69) is 10.3 Å². The van der Waals surface area contributed by atoms with Crippen molar-refractivity contribution in [2.24, 2.45) is 0 Å². The average Bonchev–Trinajstić information content (AvgIpc) is 2.61. The number of rotatable bonds is 4. The van der Waals surface area contributed by atoms with Gasteiger partial charge in [0, 0.05) is 11.8 Å². The minimum Gasteiger partial charge on any atom is -0.493 e. The number of carbonyl (C=O) groups is 1. The Bertz CT molecular complexity index is 741. The molecule has 0 saturated carbocycles. The lowest BCUT2D eigenvalue weighted by atomic mass is 10.1. The van der Waals surface area contributed by atoms with Gasteiger partial charge >= 0.3 is 0 Å². The second-order valence-corrected chi connectivity index (χ2v) is 5.29. The van der Waals surface area contributed by atoms with E-state index in [1.807, 2.05) is 49.4 Å². The number of aromatic nitrogens is 1. The topological polar surface area (TPSA) is 60.5 Å². The first kappa shape index (κ1) is 15.1. The fourth-order valence-corrected chi connectivity index (χ4v) is 2.47. The minimum absolute atomic E-state index is 0.156. The van der Waals surface area contributed by atoms with Gasteiger partial charge in [0.05, 0.1) is 24.4 Å². The number of hydrogen-bond acceptors (Lipinski definition) is 4. The maximum atomic E-state index is 12.4. The molecule has 1 unspecified atom stereocenters. The molecule has 2 heterocycles. The quantitative estimate of drug-likeness (QED) is 0.943. The molecule has 0 bridgehead atoms. The molecule has 0 fully saturated rings. The fraction of sp³-hybridized carbons (Fsp3) is 0.222. The zero-order valence-electron chi connectivity index (χ0n) is 13.1. The number of carbonyl (C=O) groups excluding carboxylic acids is 1. The van der Waals surface area contributed by atoms with E-state index in [1.165, 1.54) is 0 Å². The van der Waals surface area contributed by atoms with Gasteiger partial charge in [-0.25, -0.2) is 0 Å². The van der Waals surface area contributed by atoms with E-state index in [4.69, 9.17) is 9.47 Å². The van der Waals surface area contributed by atoms with Crippen LogP contribution in [0.25, 0.3) is 6.08 Å². The molecule has 0 aliphatic carbocycles. The van der Waals surface area contributed by atoms with E-state index in [0.29, 0.717) is 17.1 Å². The number of pyridine rings is 1. The predicted octanol–water partition coefficient (Wildman–Crippen LogP) is 2.74. The van der Waals surface area contributed by atoms with Crippen LogP contribution in [0.5, 0.6) is 11.5 Å². The lowest BCUT2D eigenvalue weighted by molar-refractivity contribution is -0.118. The molecular weight excluding hydrogens is 292 g/mol. The molecule has 1 aliphatic heterocycles. The summed E-state index contributed by atoms with van der Waals surface area (Å²) in [6.07, 6.45) is 3.55. The van der Waals surface area contributed by atoms with Gasteiger partial charge in [-0.1, -0.05) is 18.2 Å². The molecule has 0 spiro atoms. The highest BCUT2D eigenvalue weighted by molar-refractivity contribution is 5.99. The highest BCUT2D eigenvalue weighted by Gasteiger charge is 2.21. The van der Waals surface area contributed by atoms with Gasteiger partial charge in [-0.05, 0) is 31.2 Å². The van der Waals surface area contributed by atoms with E-state index in [9.17, 15) is 4.79 Å². The van der Waals surface area contributed by atoms with Crippen molar-refractivity contribution in [1.29, 1.82) is 0 Å². The molecule has 1 aromatic heterocycles. The monoisotopic (exact) mass is 310 g/mol. The van der Waals surface area contributed by atoms with Crippen molar-refractivity contribution in [2.45, 2.75) is 13.0 Å². The number of ether oxygens (including phenoxy) is 2. The predicted molar refractivity (Wildman–Crippen MR) is 87.3 cm³/mol. The number of nitrogens with zero attached hydrogens (tertiary/aromatic N) is 1. The van der Waals surface area contributed by atoms with E-state index in [1.54, 1.807) is 13.3 Å². The SMILES string of the molecule is COc1cccc2c1OCC(C(=O)NC(C)c1ccccn1)=C2. The van der Waals surface area contributed by atoms with Gasteiger partial charge in [0.25, 0.3) is 5.91 Å². The van der Waals surface area contributed by atoms with Gasteiger partial charge in [-0.15, -0.1) is 0 Å². The maximum Gasteiger partial charge on any atom is 0.251 e. The summed E-state index contributed by atoms with van der Waals surface area (Å²) in [7, 11) is 1.60. The van der Waals surface area contributed by atoms with Gasteiger partial charge in [-0.3, -0.25) is 9.78 Å². The van der Waals surface area contributed by atoms with Crippen LogP contribution in [0.15, 0.2) is 48.2 Å². The first-order valence-electron chi connectivity index (χ1n) is 7.41. The minimum atomic E-state index is -0.170. The lowest BCUT2D eigenvalue weighted by Crippen LogP contribution is -2.31. The Kier molecular flexibility index (Phi) is 4.28. The molecular formula is C18H18N2O3. The average molecular weight is 310 g/mol. The number of fused-ring (bicyclic) bond motifs is 1. The van der Waals surface area contributed by atoms with Crippen molar-refractivity contribution in [3.63, 3.8) is 0 Å². The Labute approximate surface area is 135 Å². The van der Waals surface area contributed by atoms with E-state index in [0.717, 1.165) is 11.3 Å². The first-order valence-corrected chi connectivity index (χ1v) is 7.41. The van der Waals surface area contributed by atoms with Gasteiger partial charge in [0.15, 0.2) is 11.5 Å². The van der Waals surface area contributed by atoms with Crippen LogP contribution < -0.4 is 14.8 Å². The van der Waals surface area contributed by atoms with Crippen molar-refractivity contribution in [1.82, 2.24) is 10.3 Å². The molecule has 1 aromatic carbocycles. The van der Waals surface area contributed by atoms with Crippen LogP contribution in [0.3, 0.4) is 0 Å². The third kappa shape index (κ3) is 3.18. The van der Waals surface area contributed by atoms with E-state index in [-0.39, 0.29) is 18.6 Å².